The Labute approximate surface area is 445 Å². The molecule has 76 heavy (non-hydrogen) atoms. The molecule has 2 N–H and O–H groups in total. The number of likely N-dealkylation sites (tertiary alicyclic amines) is 1. The average Bonchev–Trinajstić information content (AvgIpc) is 4.26. The van der Waals surface area contributed by atoms with Crippen LogP contribution in [0.15, 0.2) is 125 Å². The molecule has 0 aliphatic carbocycles. The predicted molar refractivity (Wildman–Crippen MR) is 287 cm³/mol. The van der Waals surface area contributed by atoms with Gasteiger partial charge in [-0.25, -0.2) is 4.98 Å². The molecule has 1 fully saturated rings. The molecule has 1 saturated heterocycles. The first-order valence-electron chi connectivity index (χ1n) is 25.2. The van der Waals surface area contributed by atoms with E-state index in [0.29, 0.717) is 63.3 Å². The summed E-state index contributed by atoms with van der Waals surface area (Å²) in [4.78, 5) is 60.5. The molecule has 2 aromatic heterocycles. The molecule has 0 radical (unpaired) electrons. The molecule has 3 amide bonds. The topological polar surface area (TPSA) is 218 Å². The van der Waals surface area contributed by atoms with Gasteiger partial charge in [-0.15, -0.1) is 11.3 Å². The summed E-state index contributed by atoms with van der Waals surface area (Å²) in [5.41, 5.74) is 8.71. The number of aliphatic hydroxyl groups excluding tert-OH is 1. The van der Waals surface area contributed by atoms with E-state index in [4.69, 9.17) is 28.2 Å². The highest BCUT2D eigenvalue weighted by Gasteiger charge is 2.43. The molecule has 6 aromatic rings. The fourth-order valence-corrected chi connectivity index (χ4v) is 9.84. The van der Waals surface area contributed by atoms with Crippen LogP contribution in [0.25, 0.3) is 22.1 Å². The van der Waals surface area contributed by atoms with Crippen molar-refractivity contribution in [2.45, 2.75) is 64.8 Å². The zero-order chi connectivity index (χ0) is 53.6. The average molecular weight is 1060 g/mol. The van der Waals surface area contributed by atoms with Gasteiger partial charge in [0.05, 0.1) is 85.0 Å². The predicted octanol–water partition coefficient (Wildman–Crippen LogP) is 8.74. The number of nitro groups is 1. The molecule has 4 heterocycles. The molecule has 4 atom stereocenters. The number of aromatic nitrogens is 2. The van der Waals surface area contributed by atoms with E-state index in [1.807, 2.05) is 106 Å². The summed E-state index contributed by atoms with van der Waals surface area (Å²) >= 11 is 1.58. The van der Waals surface area contributed by atoms with Crippen molar-refractivity contribution in [3.8, 4) is 22.1 Å². The monoisotopic (exact) mass is 1050 g/mol. The van der Waals surface area contributed by atoms with E-state index in [2.05, 4.69) is 15.5 Å². The van der Waals surface area contributed by atoms with Crippen LogP contribution in [0, 0.1) is 23.0 Å². The molecule has 0 spiro atoms. The number of carbonyl (C=O) groups is 3. The fourth-order valence-electron chi connectivity index (χ4n) is 9.03. The van der Waals surface area contributed by atoms with Gasteiger partial charge in [-0.1, -0.05) is 80.6 Å². The van der Waals surface area contributed by atoms with Crippen molar-refractivity contribution >= 4 is 52.1 Å². The normalized spacial score (nSPS) is 16.7. The summed E-state index contributed by atoms with van der Waals surface area (Å²) in [6, 6.07) is 29.8. The van der Waals surface area contributed by atoms with Crippen LogP contribution >= 0.6 is 11.3 Å². The number of fused-ring (bicyclic) bond motifs is 1. The lowest BCUT2D eigenvalue weighted by molar-refractivity contribution is -0.384. The van der Waals surface area contributed by atoms with Gasteiger partial charge in [0.15, 0.2) is 5.76 Å². The zero-order valence-electron chi connectivity index (χ0n) is 42.9. The Morgan fingerprint density at radius 2 is 1.57 bits per heavy atom. The highest BCUT2D eigenvalue weighted by atomic mass is 32.1. The van der Waals surface area contributed by atoms with Gasteiger partial charge in [-0.05, 0) is 83.6 Å². The number of para-hydroxylation sites is 1. The van der Waals surface area contributed by atoms with Crippen molar-refractivity contribution in [3.63, 3.8) is 0 Å². The Bertz CT molecular complexity index is 2970. The third-order valence-electron chi connectivity index (χ3n) is 13.0. The number of β-amino-alcohol motifs (C(OH)–C–C–N with tert-alkyl or cyclic N) is 1. The number of aliphatic hydroxyl groups is 1. The molecular weight excluding hydrogens is 993 g/mol. The minimum atomic E-state index is -0.854. The maximum Gasteiger partial charge on any atom is 0.269 e. The van der Waals surface area contributed by atoms with Crippen molar-refractivity contribution in [3.05, 3.63) is 165 Å². The second-order valence-corrected chi connectivity index (χ2v) is 19.5. The Kier molecular flexibility index (Phi) is 18.9. The molecular formula is C57H62N6O12S. The van der Waals surface area contributed by atoms with Crippen LogP contribution in [0.3, 0.4) is 0 Å². The summed E-state index contributed by atoms with van der Waals surface area (Å²) in [5.74, 6) is -0.580. The van der Waals surface area contributed by atoms with E-state index in [1.165, 1.54) is 17.0 Å². The van der Waals surface area contributed by atoms with Crippen LogP contribution in [0.5, 0.6) is 11.6 Å². The maximum atomic E-state index is 14.1. The number of thiazole rings is 1. The van der Waals surface area contributed by atoms with Gasteiger partial charge in [-0.3, -0.25) is 24.5 Å². The van der Waals surface area contributed by atoms with E-state index in [0.717, 1.165) is 44.1 Å². The first-order valence-corrected chi connectivity index (χ1v) is 26.1. The number of allylic oxidation sites excluding steroid dienone is 2. The van der Waals surface area contributed by atoms with Crippen LogP contribution in [0.4, 0.5) is 11.4 Å². The molecule has 19 heteroatoms. The summed E-state index contributed by atoms with van der Waals surface area (Å²) < 4.78 is 34.2. The van der Waals surface area contributed by atoms with Gasteiger partial charge >= 0.3 is 0 Å². The molecule has 2 unspecified atom stereocenters. The third-order valence-corrected chi connectivity index (χ3v) is 14.0. The molecule has 18 nitrogen and oxygen atoms in total. The summed E-state index contributed by atoms with van der Waals surface area (Å²) in [6.07, 6.45) is 4.63. The number of nitrogens with one attached hydrogen (secondary N) is 1. The van der Waals surface area contributed by atoms with E-state index >= 15 is 0 Å². The van der Waals surface area contributed by atoms with E-state index in [-0.39, 0.29) is 67.4 Å². The molecule has 0 bridgehead atoms. The first-order chi connectivity index (χ1) is 36.8. The number of rotatable bonds is 26. The number of nitrogens with zero attached hydrogens (tertiary/aromatic N) is 5. The van der Waals surface area contributed by atoms with Crippen LogP contribution in [0.2, 0.25) is 0 Å². The minimum Gasteiger partial charge on any atom is -0.491 e. The van der Waals surface area contributed by atoms with Crippen LogP contribution in [-0.2, 0) is 35.1 Å². The van der Waals surface area contributed by atoms with Gasteiger partial charge in [0, 0.05) is 42.3 Å². The molecule has 4 aromatic carbocycles. The first kappa shape index (κ1) is 54.7. The standard InChI is InChI=1S/C57H62N6O12S/c1-37(2)53(57(67)62-35-45(64)32-50(62)55(65)59-38(3)42-16-18-43(19-17-42)54-39(4)58-36-76-54)51-33-52(60-75-51)74-31-29-72-27-25-70-24-26-71-28-30-73-46-22-14-41(15-23-46)34-61-49-11-6-5-9-47(49)48(56(61)66)10-7-8-40-12-20-44(21-13-40)63(68)69/h5-23,33,36-38,45,50,53,64H,24-32,34-35H2,1-4H3,(H,59,65)/b8-7+,48-10-/t38?,45-,50+,53?/m1/s1. The number of hydrogen-bond acceptors (Lipinski definition) is 15. The third kappa shape index (κ3) is 14.0. The molecule has 2 aliphatic heterocycles. The minimum absolute atomic E-state index is 0.0185. The van der Waals surface area contributed by atoms with Crippen molar-refractivity contribution in [1.82, 2.24) is 20.4 Å². The number of amides is 3. The highest BCUT2D eigenvalue weighted by Crippen LogP contribution is 2.38. The van der Waals surface area contributed by atoms with E-state index < -0.39 is 23.0 Å². The Balaban J connectivity index is 0.682. The number of nitro benzene ring substituents is 1. The second-order valence-electron chi connectivity index (χ2n) is 18.7. The molecule has 0 saturated carbocycles. The summed E-state index contributed by atoms with van der Waals surface area (Å²) in [6.45, 7) is 10.6. The van der Waals surface area contributed by atoms with Crippen LogP contribution in [-0.4, -0.2) is 114 Å². The van der Waals surface area contributed by atoms with Gasteiger partial charge in [0.2, 0.25) is 11.8 Å². The van der Waals surface area contributed by atoms with Crippen molar-refractivity contribution in [2.75, 3.05) is 64.3 Å². The fraction of sp³-hybridized carbons (Fsp3) is 0.351. The molecule has 2 aliphatic rings. The van der Waals surface area contributed by atoms with Crippen LogP contribution < -0.4 is 19.7 Å². The summed E-state index contributed by atoms with van der Waals surface area (Å²) in [7, 11) is 0. The maximum absolute atomic E-state index is 14.1. The van der Waals surface area contributed by atoms with Gasteiger partial charge < -0.3 is 48.4 Å². The number of carbonyl (C=O) groups excluding carboxylic acids is 3. The lowest BCUT2D eigenvalue weighted by Crippen LogP contribution is -2.48. The summed E-state index contributed by atoms with van der Waals surface area (Å²) in [5, 5.41) is 28.7. The van der Waals surface area contributed by atoms with Gasteiger partial charge in [-0.2, -0.15) is 0 Å². The number of aryl methyl sites for hydroxylation is 1. The number of hydrogen-bond donors (Lipinski definition) is 2. The van der Waals surface area contributed by atoms with Crippen molar-refractivity contribution < 1.29 is 52.6 Å². The Hall–Kier alpha value is -7.55. The van der Waals surface area contributed by atoms with Gasteiger partial charge in [0.25, 0.3) is 17.5 Å². The quantitative estimate of drug-likeness (QED) is 0.0225. The number of ether oxygens (including phenoxy) is 5. The Morgan fingerprint density at radius 3 is 2.22 bits per heavy atom. The largest absolute Gasteiger partial charge is 0.491 e. The van der Waals surface area contributed by atoms with E-state index in [1.54, 1.807) is 52.7 Å². The lowest BCUT2D eigenvalue weighted by atomic mass is 9.91. The Morgan fingerprint density at radius 1 is 0.895 bits per heavy atom. The van der Waals surface area contributed by atoms with Gasteiger partial charge in [0.1, 0.15) is 30.9 Å². The SMILES string of the molecule is Cc1ncsc1-c1ccc(C(C)NC(=O)[C@@H]2C[C@@H](O)CN2C(=O)C(c2cc(OCCOCCOCCOCCOc3ccc(CN4C(=O)/C(=C\C=C\c5ccc([N+](=O)[O-])cc5)c5ccccc54)cc3)no2)C(C)C)cc1. The molecule has 8 rings (SSSR count). The van der Waals surface area contributed by atoms with Crippen molar-refractivity contribution in [1.29, 1.82) is 0 Å². The number of anilines is 1. The second kappa shape index (κ2) is 26.3. The molecule has 398 valence electrons. The zero-order valence-corrected chi connectivity index (χ0v) is 43.7. The van der Waals surface area contributed by atoms with E-state index in [9.17, 15) is 29.6 Å². The smallest absolute Gasteiger partial charge is 0.269 e. The number of benzene rings is 4. The number of non-ortho nitro benzene ring substituents is 1. The van der Waals surface area contributed by atoms with Crippen molar-refractivity contribution in [2.24, 2.45) is 5.92 Å². The highest BCUT2D eigenvalue weighted by molar-refractivity contribution is 7.13. The van der Waals surface area contributed by atoms with Crippen LogP contribution in [0.1, 0.15) is 72.9 Å². The lowest BCUT2D eigenvalue weighted by Gasteiger charge is -2.29.